The van der Waals surface area contributed by atoms with Crippen LogP contribution in [0.3, 0.4) is 0 Å². The molecule has 0 bridgehead atoms. The number of carbonyl (C=O) groups is 3. The summed E-state index contributed by atoms with van der Waals surface area (Å²) in [6, 6.07) is 11.7. The molecule has 4 atom stereocenters. The number of carbonyl (C=O) groups excluding carboxylic acids is 3. The molecule has 0 radical (unpaired) electrons. The van der Waals surface area contributed by atoms with Crippen LogP contribution in [0.1, 0.15) is 52.8 Å². The zero-order chi connectivity index (χ0) is 33.9. The highest BCUT2D eigenvalue weighted by molar-refractivity contribution is 5.91. The van der Waals surface area contributed by atoms with Crippen LogP contribution in [0.2, 0.25) is 0 Å². The van der Waals surface area contributed by atoms with Crippen molar-refractivity contribution in [1.82, 2.24) is 19.5 Å². The molecule has 0 spiro atoms. The number of imidazole rings is 1. The van der Waals surface area contributed by atoms with Crippen molar-refractivity contribution in [3.05, 3.63) is 88.0 Å². The third-order valence-corrected chi connectivity index (χ3v) is 7.47. The minimum Gasteiger partial charge on any atom is -0.462 e. The second-order valence-corrected chi connectivity index (χ2v) is 11.0. The molecule has 5 rings (SSSR count). The van der Waals surface area contributed by atoms with Gasteiger partial charge >= 0.3 is 18.1 Å². The molecule has 3 heterocycles. The maximum atomic E-state index is 13.4. The fourth-order valence-corrected chi connectivity index (χ4v) is 5.04. The molecule has 47 heavy (non-hydrogen) atoms. The molecule has 0 aliphatic carbocycles. The predicted molar refractivity (Wildman–Crippen MR) is 158 cm³/mol. The lowest BCUT2D eigenvalue weighted by Gasteiger charge is -2.25. The van der Waals surface area contributed by atoms with Crippen molar-refractivity contribution < 1.29 is 46.9 Å². The van der Waals surface area contributed by atoms with E-state index in [1.165, 1.54) is 23.0 Å². The van der Waals surface area contributed by atoms with Gasteiger partial charge in [0.1, 0.15) is 6.61 Å². The number of aromatic nitrogens is 4. The number of alkyl halides is 3. The number of hydrogen-bond acceptors (Lipinski definition) is 10. The number of H-pyrrole nitrogens is 1. The van der Waals surface area contributed by atoms with Crippen LogP contribution in [0.15, 0.2) is 65.7 Å². The summed E-state index contributed by atoms with van der Waals surface area (Å²) in [6.07, 6.45) is -7.14. The van der Waals surface area contributed by atoms with Gasteiger partial charge in [0.05, 0.1) is 35.0 Å². The van der Waals surface area contributed by atoms with Crippen LogP contribution in [0.25, 0.3) is 11.2 Å². The normalized spacial score (nSPS) is 19.6. The number of esters is 2. The minimum atomic E-state index is -4.73. The third kappa shape index (κ3) is 7.33. The lowest BCUT2D eigenvalue weighted by Crippen LogP contribution is -2.35. The molecule has 13 nitrogen and oxygen atoms in total. The van der Waals surface area contributed by atoms with E-state index in [2.05, 4.69) is 20.3 Å². The zero-order valence-corrected chi connectivity index (χ0v) is 25.1. The SMILES string of the molecule is CC(C)C(=O)Nc1nc2c(ncn2[C@@H]2O[C@H](CCO)[C@@H](COC(=O)c3ccccc3)[C@H]2OC(=O)c2cccc(C(F)(F)F)c2)c(=O)[nH]1. The summed E-state index contributed by atoms with van der Waals surface area (Å²) in [4.78, 5) is 62.2. The van der Waals surface area contributed by atoms with E-state index in [-0.39, 0.29) is 42.3 Å². The van der Waals surface area contributed by atoms with Gasteiger partial charge in [-0.1, -0.05) is 38.1 Å². The molecule has 4 aromatic rings. The number of aliphatic hydroxyl groups is 1. The van der Waals surface area contributed by atoms with Crippen LogP contribution in [0.5, 0.6) is 0 Å². The van der Waals surface area contributed by atoms with E-state index in [1.807, 2.05) is 0 Å². The summed E-state index contributed by atoms with van der Waals surface area (Å²) in [5.74, 6) is -3.87. The van der Waals surface area contributed by atoms with E-state index in [0.29, 0.717) is 6.07 Å². The van der Waals surface area contributed by atoms with Gasteiger partial charge < -0.3 is 19.3 Å². The number of ether oxygens (including phenoxy) is 3. The Balaban J connectivity index is 1.54. The van der Waals surface area contributed by atoms with Gasteiger partial charge in [0.2, 0.25) is 11.9 Å². The summed E-state index contributed by atoms with van der Waals surface area (Å²) in [5, 5.41) is 12.3. The van der Waals surface area contributed by atoms with Gasteiger partial charge in [-0.3, -0.25) is 24.5 Å². The number of fused-ring (bicyclic) bond motifs is 1. The molecule has 0 saturated carbocycles. The van der Waals surface area contributed by atoms with Crippen molar-refractivity contribution in [3.8, 4) is 0 Å². The Morgan fingerprint density at radius 3 is 2.49 bits per heavy atom. The third-order valence-electron chi connectivity index (χ3n) is 7.47. The van der Waals surface area contributed by atoms with E-state index >= 15 is 0 Å². The van der Waals surface area contributed by atoms with Crippen LogP contribution in [-0.2, 0) is 25.2 Å². The van der Waals surface area contributed by atoms with Crippen LogP contribution >= 0.6 is 0 Å². The van der Waals surface area contributed by atoms with Crippen molar-refractivity contribution in [2.45, 2.75) is 44.9 Å². The molecule has 0 unspecified atom stereocenters. The smallest absolute Gasteiger partial charge is 0.416 e. The zero-order valence-electron chi connectivity index (χ0n) is 25.1. The van der Waals surface area contributed by atoms with Crippen molar-refractivity contribution in [1.29, 1.82) is 0 Å². The van der Waals surface area contributed by atoms with Crippen molar-refractivity contribution in [2.24, 2.45) is 11.8 Å². The lowest BCUT2D eigenvalue weighted by molar-refractivity contribution is -0.137. The fourth-order valence-electron chi connectivity index (χ4n) is 5.04. The Kier molecular flexibility index (Phi) is 9.72. The van der Waals surface area contributed by atoms with Gasteiger partial charge in [-0.2, -0.15) is 18.2 Å². The largest absolute Gasteiger partial charge is 0.462 e. The summed E-state index contributed by atoms with van der Waals surface area (Å²) < 4.78 is 59.1. The van der Waals surface area contributed by atoms with Crippen LogP contribution < -0.4 is 10.9 Å². The van der Waals surface area contributed by atoms with Gasteiger partial charge in [-0.15, -0.1) is 0 Å². The first-order valence-corrected chi connectivity index (χ1v) is 14.5. The molecular weight excluding hydrogens is 627 g/mol. The van der Waals surface area contributed by atoms with Crippen LogP contribution in [0.4, 0.5) is 19.1 Å². The van der Waals surface area contributed by atoms with Crippen molar-refractivity contribution >= 4 is 35.0 Å². The van der Waals surface area contributed by atoms with E-state index in [0.717, 1.165) is 18.2 Å². The number of rotatable bonds is 10. The molecule has 1 saturated heterocycles. The maximum absolute atomic E-state index is 13.4. The number of hydrogen-bond donors (Lipinski definition) is 3. The quantitative estimate of drug-likeness (QED) is 0.213. The lowest BCUT2D eigenvalue weighted by atomic mass is 9.96. The van der Waals surface area contributed by atoms with E-state index in [9.17, 15) is 37.5 Å². The van der Waals surface area contributed by atoms with E-state index < -0.39 is 71.0 Å². The molecule has 1 aliphatic heterocycles. The molecule has 1 aliphatic rings. The maximum Gasteiger partial charge on any atom is 0.416 e. The second kappa shape index (κ2) is 13.7. The van der Waals surface area contributed by atoms with Gasteiger partial charge in [0.15, 0.2) is 23.5 Å². The number of halogens is 3. The monoisotopic (exact) mass is 657 g/mol. The van der Waals surface area contributed by atoms with Gasteiger partial charge in [-0.25, -0.2) is 14.6 Å². The number of nitrogens with one attached hydrogen (secondary N) is 2. The van der Waals surface area contributed by atoms with Crippen molar-refractivity contribution in [3.63, 3.8) is 0 Å². The molecule has 16 heteroatoms. The van der Waals surface area contributed by atoms with Gasteiger partial charge in [0, 0.05) is 12.5 Å². The number of aromatic amines is 1. The Morgan fingerprint density at radius 1 is 1.09 bits per heavy atom. The highest BCUT2D eigenvalue weighted by Gasteiger charge is 2.49. The molecule has 1 fully saturated rings. The predicted octanol–water partition coefficient (Wildman–Crippen LogP) is 3.71. The van der Waals surface area contributed by atoms with E-state index in [1.54, 1.807) is 32.0 Å². The van der Waals surface area contributed by atoms with Gasteiger partial charge in [0.25, 0.3) is 5.56 Å². The number of amides is 1. The summed E-state index contributed by atoms with van der Waals surface area (Å²) >= 11 is 0. The molecule has 1 amide bonds. The average Bonchev–Trinajstić information content (AvgIpc) is 3.61. The Bertz CT molecular complexity index is 1830. The minimum absolute atomic E-state index is 0.0159. The number of aliphatic hydroxyl groups excluding tert-OH is 1. The van der Waals surface area contributed by atoms with Crippen molar-refractivity contribution in [2.75, 3.05) is 18.5 Å². The summed E-state index contributed by atoms with van der Waals surface area (Å²) in [5.41, 5.74) is -2.19. The molecule has 3 N–H and O–H groups in total. The topological polar surface area (TPSA) is 175 Å². The molecule has 248 valence electrons. The Morgan fingerprint density at radius 2 is 1.81 bits per heavy atom. The summed E-state index contributed by atoms with van der Waals surface area (Å²) in [7, 11) is 0. The Labute approximate surface area is 264 Å². The number of nitrogens with zero attached hydrogens (tertiary/aromatic N) is 3. The first-order valence-electron chi connectivity index (χ1n) is 14.5. The van der Waals surface area contributed by atoms with E-state index in [4.69, 9.17) is 14.2 Å². The molecular formula is C31H30F3N5O8. The Hall–Kier alpha value is -5.09. The number of benzene rings is 2. The highest BCUT2D eigenvalue weighted by atomic mass is 19.4. The average molecular weight is 658 g/mol. The highest BCUT2D eigenvalue weighted by Crippen LogP contribution is 2.40. The van der Waals surface area contributed by atoms with Crippen LogP contribution in [-0.4, -0.2) is 67.9 Å². The molecule has 2 aromatic heterocycles. The van der Waals surface area contributed by atoms with Gasteiger partial charge in [-0.05, 0) is 36.8 Å². The van der Waals surface area contributed by atoms with Crippen LogP contribution in [0, 0.1) is 11.8 Å². The number of anilines is 1. The second-order valence-electron chi connectivity index (χ2n) is 11.0. The summed E-state index contributed by atoms with van der Waals surface area (Å²) in [6.45, 7) is 2.50. The molecule has 2 aromatic carbocycles. The fraction of sp³-hybridized carbons (Fsp3) is 0.355. The first kappa shape index (κ1) is 33.3. The first-order chi connectivity index (χ1) is 22.4. The standard InChI is InChI=1S/C31H30F3N5O8/c1-16(2)25(41)37-30-36-24-22(26(42)38-30)35-15-39(24)27-23(47-29(44)18-9-6-10-19(13-18)31(32,33)34)20(21(46-27)11-12-40)14-45-28(43)17-7-4-3-5-8-17/h3-10,13,15-16,20-21,23,27,40H,11-12,14H2,1-2H3,(H2,36,37,38,41,42)/t20-,21-,23-,27-/m1/s1.